The summed E-state index contributed by atoms with van der Waals surface area (Å²) in [6.45, 7) is 10.1. The smallest absolute Gasteiger partial charge is 0.298 e. The van der Waals surface area contributed by atoms with Crippen LogP contribution in [0.1, 0.15) is 45.8 Å². The number of likely N-dealkylation sites (N-methyl/N-ethyl adjacent to an activating group) is 1. The molecule has 2 aliphatic heterocycles. The van der Waals surface area contributed by atoms with Crippen LogP contribution in [0.15, 0.2) is 66.7 Å². The highest BCUT2D eigenvalue weighted by Crippen LogP contribution is 2.32. The average molecular weight is 635 g/mol. The van der Waals surface area contributed by atoms with Crippen LogP contribution in [0.5, 0.6) is 0 Å². The summed E-state index contributed by atoms with van der Waals surface area (Å²) < 4.78 is 8.15. The Kier molecular flexibility index (Phi) is 10.0. The summed E-state index contributed by atoms with van der Waals surface area (Å²) in [6.07, 6.45) is 2.98. The molecule has 0 saturated carbocycles. The third kappa shape index (κ3) is 7.58. The van der Waals surface area contributed by atoms with Gasteiger partial charge in [-0.15, -0.1) is 0 Å². The number of nitrogens with one attached hydrogen (secondary N) is 1. The molecule has 2 aromatic carbocycles. The number of pyridine rings is 1. The fraction of sp³-hybridized carbons (Fsp3) is 0.395. The molecule has 4 aromatic rings. The van der Waals surface area contributed by atoms with Gasteiger partial charge in [-0.2, -0.15) is 0 Å². The number of benzene rings is 2. The molecule has 9 heteroatoms. The minimum Gasteiger partial charge on any atom is -0.375 e. The number of piperazine rings is 1. The number of hydrogen-bond donors (Lipinski definition) is 1. The van der Waals surface area contributed by atoms with E-state index >= 15 is 0 Å². The number of hydrogen-bond acceptors (Lipinski definition) is 7. The number of Topliss-reactive ketones (excluding diaryl/α,β-unsaturated/α-hetero) is 1. The lowest BCUT2D eigenvalue weighted by molar-refractivity contribution is -0.112. The largest absolute Gasteiger partial charge is 0.375 e. The zero-order valence-corrected chi connectivity index (χ0v) is 28.1. The first-order valence-electron chi connectivity index (χ1n) is 16.7. The van der Waals surface area contributed by atoms with Crippen molar-refractivity contribution in [2.45, 2.75) is 46.3 Å². The number of amides is 1. The van der Waals surface area contributed by atoms with Crippen LogP contribution < -0.4 is 15.1 Å². The molecular formula is C38H46N6O3. The summed E-state index contributed by atoms with van der Waals surface area (Å²) in [5, 5.41) is 2.93. The maximum atomic E-state index is 13.9. The first-order chi connectivity index (χ1) is 22.8. The van der Waals surface area contributed by atoms with Gasteiger partial charge in [0.25, 0.3) is 11.7 Å². The molecule has 6 rings (SSSR count). The van der Waals surface area contributed by atoms with Gasteiger partial charge in [0.1, 0.15) is 11.5 Å². The molecule has 1 fully saturated rings. The van der Waals surface area contributed by atoms with Crippen molar-refractivity contribution in [3.05, 3.63) is 94.9 Å². The number of anilines is 3. The summed E-state index contributed by atoms with van der Waals surface area (Å²) >= 11 is 0. The van der Waals surface area contributed by atoms with Gasteiger partial charge >= 0.3 is 0 Å². The van der Waals surface area contributed by atoms with E-state index in [4.69, 9.17) is 9.72 Å². The molecule has 4 heterocycles. The highest BCUT2D eigenvalue weighted by atomic mass is 16.5. The SMILES string of the molecule is Cc1cc(C)nc(N2CCN(c3ccc(NC(=O)C(=O)c4c(-c5ccccc5)cc5n4CCCC5)cc3COCCN(C)C)CC2)c1. The van der Waals surface area contributed by atoms with E-state index in [1.165, 1.54) is 5.56 Å². The van der Waals surface area contributed by atoms with E-state index in [2.05, 4.69) is 45.1 Å². The van der Waals surface area contributed by atoms with Crippen molar-refractivity contribution in [1.29, 1.82) is 0 Å². The summed E-state index contributed by atoms with van der Waals surface area (Å²) in [5.41, 5.74) is 8.26. The fourth-order valence-corrected chi connectivity index (χ4v) is 6.69. The molecule has 1 N–H and O–H groups in total. The van der Waals surface area contributed by atoms with Crippen LogP contribution >= 0.6 is 0 Å². The lowest BCUT2D eigenvalue weighted by Gasteiger charge is -2.38. The van der Waals surface area contributed by atoms with Crippen LogP contribution in [-0.2, 0) is 29.1 Å². The Morgan fingerprint density at radius 3 is 2.40 bits per heavy atom. The van der Waals surface area contributed by atoms with Gasteiger partial charge < -0.3 is 29.3 Å². The molecule has 0 atom stereocenters. The quantitative estimate of drug-likeness (QED) is 0.128. The maximum absolute atomic E-state index is 13.9. The molecule has 246 valence electrons. The fourth-order valence-electron chi connectivity index (χ4n) is 6.69. The Balaban J connectivity index is 1.21. The zero-order valence-electron chi connectivity index (χ0n) is 28.1. The summed E-state index contributed by atoms with van der Waals surface area (Å²) in [5.74, 6) is -0.117. The molecule has 0 spiro atoms. The van der Waals surface area contributed by atoms with Crippen LogP contribution in [0.2, 0.25) is 0 Å². The van der Waals surface area contributed by atoms with Gasteiger partial charge in [0.15, 0.2) is 0 Å². The van der Waals surface area contributed by atoms with Crippen LogP contribution in [-0.4, -0.2) is 79.6 Å². The molecule has 1 amide bonds. The summed E-state index contributed by atoms with van der Waals surface area (Å²) in [4.78, 5) is 39.0. The van der Waals surface area contributed by atoms with Crippen molar-refractivity contribution in [2.24, 2.45) is 0 Å². The molecule has 0 unspecified atom stereocenters. The van der Waals surface area contributed by atoms with Crippen LogP contribution in [0.25, 0.3) is 11.1 Å². The number of aryl methyl sites for hydroxylation is 3. The molecule has 0 bridgehead atoms. The van der Waals surface area contributed by atoms with Crippen molar-refractivity contribution in [2.75, 3.05) is 68.5 Å². The van der Waals surface area contributed by atoms with E-state index in [1.54, 1.807) is 0 Å². The molecule has 0 aliphatic carbocycles. The lowest BCUT2D eigenvalue weighted by atomic mass is 10.0. The van der Waals surface area contributed by atoms with E-state index in [0.717, 1.165) is 98.1 Å². The second-order valence-electron chi connectivity index (χ2n) is 13.0. The van der Waals surface area contributed by atoms with Gasteiger partial charge in [0, 0.05) is 73.2 Å². The maximum Gasteiger partial charge on any atom is 0.298 e. The van der Waals surface area contributed by atoms with Crippen molar-refractivity contribution >= 4 is 28.9 Å². The molecule has 2 aromatic heterocycles. The number of ketones is 1. The first-order valence-corrected chi connectivity index (χ1v) is 16.7. The van der Waals surface area contributed by atoms with Crippen molar-refractivity contribution in [1.82, 2.24) is 14.5 Å². The first kappa shape index (κ1) is 32.5. The molecular weight excluding hydrogens is 588 g/mol. The number of nitrogens with zero attached hydrogens (tertiary/aromatic N) is 5. The molecule has 47 heavy (non-hydrogen) atoms. The third-order valence-corrected chi connectivity index (χ3v) is 9.06. The monoisotopic (exact) mass is 634 g/mol. The number of carbonyl (C=O) groups is 2. The van der Waals surface area contributed by atoms with Crippen LogP contribution in [0, 0.1) is 13.8 Å². The van der Waals surface area contributed by atoms with Crippen molar-refractivity contribution in [3.8, 4) is 11.1 Å². The van der Waals surface area contributed by atoms with Gasteiger partial charge in [-0.25, -0.2) is 4.98 Å². The van der Waals surface area contributed by atoms with Crippen molar-refractivity contribution < 1.29 is 14.3 Å². The van der Waals surface area contributed by atoms with E-state index in [1.807, 2.05) is 74.1 Å². The second-order valence-corrected chi connectivity index (χ2v) is 13.0. The normalized spacial score (nSPS) is 14.7. The minimum absolute atomic E-state index is 0.407. The zero-order chi connectivity index (χ0) is 32.9. The minimum atomic E-state index is -0.629. The molecule has 0 radical (unpaired) electrons. The van der Waals surface area contributed by atoms with Gasteiger partial charge in [-0.05, 0) is 94.7 Å². The van der Waals surface area contributed by atoms with Gasteiger partial charge in [-0.3, -0.25) is 9.59 Å². The number of fused-ring (bicyclic) bond motifs is 1. The topological polar surface area (TPSA) is 82.9 Å². The molecule has 2 aliphatic rings. The predicted molar refractivity (Wildman–Crippen MR) is 189 cm³/mol. The Morgan fingerprint density at radius 2 is 1.66 bits per heavy atom. The highest BCUT2D eigenvalue weighted by Gasteiger charge is 2.29. The highest BCUT2D eigenvalue weighted by molar-refractivity contribution is 6.47. The van der Waals surface area contributed by atoms with Crippen LogP contribution in [0.3, 0.4) is 0 Å². The van der Waals surface area contributed by atoms with E-state index in [-0.39, 0.29) is 0 Å². The van der Waals surface area contributed by atoms with E-state index < -0.39 is 11.7 Å². The summed E-state index contributed by atoms with van der Waals surface area (Å²) in [6, 6.07) is 22.1. The molecule has 9 nitrogen and oxygen atoms in total. The molecule has 1 saturated heterocycles. The van der Waals surface area contributed by atoms with Gasteiger partial charge in [0.05, 0.1) is 13.2 Å². The lowest BCUT2D eigenvalue weighted by Crippen LogP contribution is -2.47. The Morgan fingerprint density at radius 1 is 0.894 bits per heavy atom. The number of ether oxygens (including phenoxy) is 1. The Labute approximate surface area is 278 Å². The second kappa shape index (κ2) is 14.5. The van der Waals surface area contributed by atoms with Gasteiger partial charge in [-0.1, -0.05) is 30.3 Å². The summed E-state index contributed by atoms with van der Waals surface area (Å²) in [7, 11) is 4.05. The number of carbonyl (C=O) groups excluding carboxylic acids is 2. The van der Waals surface area contributed by atoms with Gasteiger partial charge in [0.2, 0.25) is 0 Å². The Hall–Kier alpha value is -4.47. The van der Waals surface area contributed by atoms with E-state index in [0.29, 0.717) is 24.6 Å². The third-order valence-electron chi connectivity index (χ3n) is 9.06. The average Bonchev–Trinajstić information content (AvgIpc) is 3.46. The van der Waals surface area contributed by atoms with E-state index in [9.17, 15) is 9.59 Å². The standard InChI is InChI=1S/C38H46N6O3/c1-27-22-28(2)39-35(23-27)43-18-16-42(17-19-43)34-14-13-31(24-30(34)26-47-21-20-41(3)4)40-38(46)37(45)36-33(29-10-6-5-7-11-29)25-32-12-8-9-15-44(32)36/h5-7,10-11,13-14,22-25H,8-9,12,15-21,26H2,1-4H3,(H,40,46). The van der Waals surface area contributed by atoms with Crippen LogP contribution in [0.4, 0.5) is 17.2 Å². The Bertz CT molecular complexity index is 1700. The number of aromatic nitrogens is 2. The van der Waals surface area contributed by atoms with Crippen molar-refractivity contribution in [3.63, 3.8) is 0 Å². The number of rotatable bonds is 11. The predicted octanol–water partition coefficient (Wildman–Crippen LogP) is 5.73.